The minimum Gasteiger partial charge on any atom is -0.354 e. The van der Waals surface area contributed by atoms with Crippen molar-refractivity contribution >= 4 is 32.6 Å². The number of fused-ring (bicyclic) bond motifs is 1. The second-order valence-electron chi connectivity index (χ2n) is 8.07. The SMILES string of the molecule is O=C(Cn1cc(S(=O)(=O)Cc2ccccc2)c2ccccc21)NCCCN1CCCC1=O. The summed E-state index contributed by atoms with van der Waals surface area (Å²) < 4.78 is 28.0. The van der Waals surface area contributed by atoms with Crippen LogP contribution in [0.2, 0.25) is 0 Å². The van der Waals surface area contributed by atoms with Crippen LogP contribution in [-0.2, 0) is 31.7 Å². The summed E-state index contributed by atoms with van der Waals surface area (Å²) in [6.07, 6.45) is 3.77. The van der Waals surface area contributed by atoms with Gasteiger partial charge in [-0.2, -0.15) is 0 Å². The standard InChI is InChI=1S/C24H27N3O4S/c28-23(25-13-7-15-26-14-6-12-24(26)29)17-27-16-22(20-10-4-5-11-21(20)27)32(30,31)18-19-8-2-1-3-9-19/h1-5,8-11,16H,6-7,12-15,17-18H2,(H,25,28). The number of carbonyl (C=O) groups is 2. The molecule has 7 nitrogen and oxygen atoms in total. The van der Waals surface area contributed by atoms with Gasteiger partial charge in [-0.3, -0.25) is 9.59 Å². The number of hydrogen-bond donors (Lipinski definition) is 1. The summed E-state index contributed by atoms with van der Waals surface area (Å²) in [4.78, 5) is 26.2. The summed E-state index contributed by atoms with van der Waals surface area (Å²) in [5.41, 5.74) is 1.43. The molecule has 1 aliphatic rings. The largest absolute Gasteiger partial charge is 0.354 e. The third kappa shape index (κ3) is 5.02. The normalized spacial score (nSPS) is 14.2. The smallest absolute Gasteiger partial charge is 0.239 e. The van der Waals surface area contributed by atoms with Crippen LogP contribution in [0.4, 0.5) is 0 Å². The van der Waals surface area contributed by atoms with E-state index in [1.54, 1.807) is 35.0 Å². The zero-order valence-electron chi connectivity index (χ0n) is 17.9. The monoisotopic (exact) mass is 453 g/mol. The fourth-order valence-corrected chi connectivity index (χ4v) is 5.69. The first-order chi connectivity index (χ1) is 15.4. The minimum absolute atomic E-state index is 0.0318. The van der Waals surface area contributed by atoms with Gasteiger partial charge in [-0.25, -0.2) is 8.42 Å². The number of nitrogens with one attached hydrogen (secondary N) is 1. The number of likely N-dealkylation sites (tertiary alicyclic amines) is 1. The Kier molecular flexibility index (Phi) is 6.60. The molecule has 0 bridgehead atoms. The molecule has 0 spiro atoms. The van der Waals surface area contributed by atoms with Gasteiger partial charge in [-0.15, -0.1) is 0 Å². The molecule has 8 heteroatoms. The highest BCUT2D eigenvalue weighted by atomic mass is 32.2. The Balaban J connectivity index is 1.44. The second kappa shape index (κ2) is 9.56. The third-order valence-electron chi connectivity index (χ3n) is 5.70. The number of hydrogen-bond acceptors (Lipinski definition) is 4. The van der Waals surface area contributed by atoms with E-state index >= 15 is 0 Å². The number of sulfone groups is 1. The van der Waals surface area contributed by atoms with Crippen LogP contribution in [0.5, 0.6) is 0 Å². The molecule has 0 aliphatic carbocycles. The van der Waals surface area contributed by atoms with Crippen LogP contribution in [-0.4, -0.2) is 49.3 Å². The highest BCUT2D eigenvalue weighted by molar-refractivity contribution is 7.90. The summed E-state index contributed by atoms with van der Waals surface area (Å²) >= 11 is 0. The maximum atomic E-state index is 13.1. The van der Waals surface area contributed by atoms with Crippen LogP contribution in [0.1, 0.15) is 24.8 Å². The molecule has 168 valence electrons. The van der Waals surface area contributed by atoms with Crippen LogP contribution in [0, 0.1) is 0 Å². The van der Waals surface area contributed by atoms with Gasteiger partial charge >= 0.3 is 0 Å². The molecule has 1 aliphatic heterocycles. The van der Waals surface area contributed by atoms with Crippen molar-refractivity contribution in [1.29, 1.82) is 0 Å². The summed E-state index contributed by atoms with van der Waals surface area (Å²) in [5, 5.41) is 3.49. The Labute approximate surface area is 187 Å². The van der Waals surface area contributed by atoms with Crippen molar-refractivity contribution in [3.8, 4) is 0 Å². The van der Waals surface area contributed by atoms with Crippen LogP contribution in [0.25, 0.3) is 10.9 Å². The fraction of sp³-hybridized carbons (Fsp3) is 0.333. The molecule has 0 saturated carbocycles. The maximum absolute atomic E-state index is 13.1. The molecule has 3 aromatic rings. The van der Waals surface area contributed by atoms with E-state index in [0.717, 1.165) is 18.5 Å². The molecule has 1 aromatic heterocycles. The number of benzene rings is 2. The average Bonchev–Trinajstić information content (AvgIpc) is 3.36. The molecule has 0 atom stereocenters. The van der Waals surface area contributed by atoms with E-state index in [-0.39, 0.29) is 29.0 Å². The van der Waals surface area contributed by atoms with E-state index in [4.69, 9.17) is 0 Å². The molecule has 32 heavy (non-hydrogen) atoms. The maximum Gasteiger partial charge on any atom is 0.239 e. The Morgan fingerprint density at radius 3 is 2.53 bits per heavy atom. The van der Waals surface area contributed by atoms with Gasteiger partial charge in [0.15, 0.2) is 9.84 Å². The zero-order valence-corrected chi connectivity index (χ0v) is 18.7. The Morgan fingerprint density at radius 1 is 1.03 bits per heavy atom. The average molecular weight is 454 g/mol. The van der Waals surface area contributed by atoms with E-state index in [9.17, 15) is 18.0 Å². The molecular formula is C24H27N3O4S. The van der Waals surface area contributed by atoms with Crippen molar-refractivity contribution in [2.24, 2.45) is 0 Å². The summed E-state index contributed by atoms with van der Waals surface area (Å²) in [5.74, 6) is -0.103. The molecule has 4 rings (SSSR count). The molecule has 0 radical (unpaired) electrons. The van der Waals surface area contributed by atoms with Gasteiger partial charge in [0, 0.05) is 43.2 Å². The molecular weight excluding hydrogens is 426 g/mol. The predicted molar refractivity (Wildman–Crippen MR) is 123 cm³/mol. The van der Waals surface area contributed by atoms with E-state index < -0.39 is 9.84 Å². The van der Waals surface area contributed by atoms with E-state index in [0.29, 0.717) is 36.8 Å². The van der Waals surface area contributed by atoms with Gasteiger partial charge in [0.25, 0.3) is 0 Å². The lowest BCUT2D eigenvalue weighted by Crippen LogP contribution is -2.32. The first kappa shape index (κ1) is 22.1. The van der Waals surface area contributed by atoms with Crippen LogP contribution < -0.4 is 5.32 Å². The molecule has 2 heterocycles. The molecule has 1 N–H and O–H groups in total. The summed E-state index contributed by atoms with van der Waals surface area (Å²) in [6, 6.07) is 16.3. The summed E-state index contributed by atoms with van der Waals surface area (Å²) in [6.45, 7) is 1.95. The van der Waals surface area contributed by atoms with E-state index in [1.807, 2.05) is 35.2 Å². The molecule has 0 unspecified atom stereocenters. The topological polar surface area (TPSA) is 88.5 Å². The number of amides is 2. The van der Waals surface area contributed by atoms with Crippen LogP contribution in [0.3, 0.4) is 0 Å². The van der Waals surface area contributed by atoms with Crippen molar-refractivity contribution in [2.75, 3.05) is 19.6 Å². The molecule has 2 aromatic carbocycles. The van der Waals surface area contributed by atoms with Gasteiger partial charge in [0.2, 0.25) is 11.8 Å². The van der Waals surface area contributed by atoms with Gasteiger partial charge in [-0.1, -0.05) is 48.5 Å². The number of nitrogens with zero attached hydrogens (tertiary/aromatic N) is 2. The zero-order chi connectivity index (χ0) is 22.6. The predicted octanol–water partition coefficient (Wildman–Crippen LogP) is 2.74. The first-order valence-electron chi connectivity index (χ1n) is 10.8. The van der Waals surface area contributed by atoms with E-state index in [2.05, 4.69) is 5.32 Å². The first-order valence-corrected chi connectivity index (χ1v) is 12.5. The third-order valence-corrected chi connectivity index (χ3v) is 7.41. The van der Waals surface area contributed by atoms with Crippen molar-refractivity contribution in [3.63, 3.8) is 0 Å². The van der Waals surface area contributed by atoms with Crippen LogP contribution in [0.15, 0.2) is 65.7 Å². The number of aromatic nitrogens is 1. The Hall–Kier alpha value is -3.13. The minimum atomic E-state index is -3.58. The van der Waals surface area contributed by atoms with E-state index in [1.165, 1.54) is 0 Å². The Bertz CT molecular complexity index is 1220. The highest BCUT2D eigenvalue weighted by Gasteiger charge is 2.22. The van der Waals surface area contributed by atoms with Crippen molar-refractivity contribution < 1.29 is 18.0 Å². The van der Waals surface area contributed by atoms with Crippen molar-refractivity contribution in [2.45, 2.75) is 36.5 Å². The Morgan fingerprint density at radius 2 is 1.78 bits per heavy atom. The number of rotatable bonds is 9. The molecule has 1 saturated heterocycles. The summed E-state index contributed by atoms with van der Waals surface area (Å²) in [7, 11) is -3.58. The van der Waals surface area contributed by atoms with Gasteiger partial charge < -0.3 is 14.8 Å². The second-order valence-corrected chi connectivity index (χ2v) is 10.0. The lowest BCUT2D eigenvalue weighted by molar-refractivity contribution is -0.127. The quantitative estimate of drug-likeness (QED) is 0.505. The molecule has 1 fully saturated rings. The van der Waals surface area contributed by atoms with Gasteiger partial charge in [-0.05, 0) is 24.5 Å². The fourth-order valence-electron chi connectivity index (χ4n) is 4.11. The number of para-hydroxylation sites is 1. The lowest BCUT2D eigenvalue weighted by atomic mass is 10.2. The lowest BCUT2D eigenvalue weighted by Gasteiger charge is -2.15. The molecule has 2 amide bonds. The van der Waals surface area contributed by atoms with Gasteiger partial charge in [0.05, 0.1) is 10.6 Å². The number of carbonyl (C=O) groups excluding carboxylic acids is 2. The van der Waals surface area contributed by atoms with Gasteiger partial charge in [0.1, 0.15) is 6.54 Å². The van der Waals surface area contributed by atoms with Crippen LogP contribution >= 0.6 is 0 Å². The highest BCUT2D eigenvalue weighted by Crippen LogP contribution is 2.28. The van der Waals surface area contributed by atoms with Crippen molar-refractivity contribution in [1.82, 2.24) is 14.8 Å². The van der Waals surface area contributed by atoms with Crippen molar-refractivity contribution in [3.05, 3.63) is 66.4 Å².